The van der Waals surface area contributed by atoms with Crippen molar-refractivity contribution in [3.63, 3.8) is 0 Å². The van der Waals surface area contributed by atoms with Gasteiger partial charge in [-0.15, -0.1) is 0 Å². The number of hydrogen-bond acceptors (Lipinski definition) is 3. The fraction of sp³-hybridized carbons (Fsp3) is 0.208. The van der Waals surface area contributed by atoms with Gasteiger partial charge in [0.15, 0.2) is 0 Å². The van der Waals surface area contributed by atoms with Crippen LogP contribution in [0.1, 0.15) is 33.2 Å². The van der Waals surface area contributed by atoms with Crippen LogP contribution in [-0.2, 0) is 12.6 Å². The van der Waals surface area contributed by atoms with E-state index in [1.807, 2.05) is 30.3 Å². The molecule has 32 heavy (non-hydrogen) atoms. The third kappa shape index (κ3) is 4.76. The highest BCUT2D eigenvalue weighted by Crippen LogP contribution is 2.41. The second-order valence-electron chi connectivity index (χ2n) is 7.52. The Morgan fingerprint density at radius 3 is 2.41 bits per heavy atom. The summed E-state index contributed by atoms with van der Waals surface area (Å²) in [6, 6.07) is 16.8. The van der Waals surface area contributed by atoms with Crippen molar-refractivity contribution < 1.29 is 32.9 Å². The molecule has 4 nitrogen and oxygen atoms in total. The van der Waals surface area contributed by atoms with E-state index >= 15 is 0 Å². The van der Waals surface area contributed by atoms with E-state index in [0.717, 1.165) is 23.8 Å². The smallest absolute Gasteiger partial charge is 0.416 e. The van der Waals surface area contributed by atoms with E-state index in [2.05, 4.69) is 0 Å². The fourth-order valence-corrected chi connectivity index (χ4v) is 3.85. The van der Waals surface area contributed by atoms with Crippen LogP contribution in [0.5, 0.6) is 5.75 Å². The van der Waals surface area contributed by atoms with Gasteiger partial charge in [-0.25, -0.2) is 4.79 Å². The number of hydrogen-bond donors (Lipinski definition) is 2. The van der Waals surface area contributed by atoms with Crippen LogP contribution in [0.3, 0.4) is 0 Å². The lowest BCUT2D eigenvalue weighted by atomic mass is 9.87. The zero-order valence-corrected chi connectivity index (χ0v) is 17.8. The zero-order valence-electron chi connectivity index (χ0n) is 16.8. The summed E-state index contributed by atoms with van der Waals surface area (Å²) in [5.74, 6) is -1.17. The van der Waals surface area contributed by atoms with E-state index in [0.29, 0.717) is 17.7 Å². The highest BCUT2D eigenvalue weighted by Gasteiger charge is 2.33. The Balaban J connectivity index is 0.00000289. The number of aliphatic hydroxyl groups is 1. The average Bonchev–Trinajstić information content (AvgIpc) is 2.75. The molecular weight excluding hydrogens is 441 g/mol. The summed E-state index contributed by atoms with van der Waals surface area (Å²) in [6.07, 6.45) is -4.80. The molecule has 0 radical (unpaired) electrons. The Hall–Kier alpha value is -2.97. The van der Waals surface area contributed by atoms with Gasteiger partial charge in [0, 0.05) is 11.5 Å². The van der Waals surface area contributed by atoms with Crippen LogP contribution in [0.15, 0.2) is 66.7 Å². The lowest BCUT2D eigenvalue weighted by Gasteiger charge is -2.31. The number of carbonyl (C=O) groups is 1. The number of fused-ring (bicyclic) bond motifs is 1. The number of aliphatic hydroxyl groups excluding tert-OH is 1. The quantitative estimate of drug-likeness (QED) is 0.540. The molecule has 3 aromatic rings. The molecule has 0 spiro atoms. The lowest BCUT2D eigenvalue weighted by molar-refractivity contribution is -0.137. The van der Waals surface area contributed by atoms with Crippen LogP contribution in [0.2, 0.25) is 0 Å². The van der Waals surface area contributed by atoms with Gasteiger partial charge >= 0.3 is 12.1 Å². The maximum Gasteiger partial charge on any atom is 0.416 e. The predicted molar refractivity (Wildman–Crippen MR) is 118 cm³/mol. The molecule has 168 valence electrons. The van der Waals surface area contributed by atoms with Crippen molar-refractivity contribution in [2.24, 2.45) is 5.92 Å². The second-order valence-corrected chi connectivity index (χ2v) is 7.52. The maximum atomic E-state index is 13.2. The fourth-order valence-electron chi connectivity index (χ4n) is 3.85. The Morgan fingerprint density at radius 2 is 1.75 bits per heavy atom. The summed E-state index contributed by atoms with van der Waals surface area (Å²) >= 11 is 0. The van der Waals surface area contributed by atoms with Gasteiger partial charge in [0.2, 0.25) is 0 Å². The van der Waals surface area contributed by atoms with Crippen molar-refractivity contribution in [3.05, 3.63) is 89.0 Å². The molecule has 0 aromatic heterocycles. The molecule has 0 saturated carbocycles. The van der Waals surface area contributed by atoms with Crippen LogP contribution in [0.4, 0.5) is 13.2 Å². The van der Waals surface area contributed by atoms with Crippen LogP contribution >= 0.6 is 13.5 Å². The Morgan fingerprint density at radius 1 is 1.03 bits per heavy atom. The van der Waals surface area contributed by atoms with Gasteiger partial charge in [-0.1, -0.05) is 42.5 Å². The molecule has 0 saturated heterocycles. The monoisotopic (exact) mass is 462 g/mol. The van der Waals surface area contributed by atoms with Gasteiger partial charge < -0.3 is 14.9 Å². The number of alkyl halides is 3. The van der Waals surface area contributed by atoms with Crippen LogP contribution in [0, 0.1) is 5.92 Å². The van der Waals surface area contributed by atoms with Gasteiger partial charge in [0.25, 0.3) is 0 Å². The van der Waals surface area contributed by atoms with E-state index in [9.17, 15) is 28.2 Å². The number of benzene rings is 3. The third-order valence-corrected chi connectivity index (χ3v) is 5.46. The van der Waals surface area contributed by atoms with Gasteiger partial charge in [0.05, 0.1) is 23.8 Å². The standard InChI is InChI=1S/C24H19F3O4.H2S/c25-24(26,27)17-7-9-18(23(29)30)20(12-17)15-6-8-19-21(11-15)31-13-16(22(19)28)10-14-4-2-1-3-5-14;/h1-9,11-12,16,22,28H,10,13H2,(H,29,30);1H2/t16?,22-;/m1./s1. The van der Waals surface area contributed by atoms with Crippen molar-refractivity contribution in [2.45, 2.75) is 18.7 Å². The molecular formula is C24H21F3O4S. The molecule has 1 heterocycles. The highest BCUT2D eigenvalue weighted by molar-refractivity contribution is 7.59. The number of halogens is 3. The summed E-state index contributed by atoms with van der Waals surface area (Å²) in [7, 11) is 0. The topological polar surface area (TPSA) is 66.8 Å². The third-order valence-electron chi connectivity index (χ3n) is 5.46. The molecule has 0 amide bonds. The van der Waals surface area contributed by atoms with E-state index in [-0.39, 0.29) is 42.7 Å². The van der Waals surface area contributed by atoms with Gasteiger partial charge in [-0.2, -0.15) is 26.7 Å². The van der Waals surface area contributed by atoms with Crippen LogP contribution in [-0.4, -0.2) is 22.8 Å². The van der Waals surface area contributed by atoms with Crippen molar-refractivity contribution >= 4 is 19.5 Å². The number of carboxylic acid groups (broad SMARTS) is 1. The summed E-state index contributed by atoms with van der Waals surface area (Å²) in [5.41, 5.74) is 0.621. The van der Waals surface area contributed by atoms with E-state index in [1.54, 1.807) is 6.07 Å². The normalized spacial score (nSPS) is 17.6. The molecule has 4 rings (SSSR count). The van der Waals surface area contributed by atoms with Crippen molar-refractivity contribution in [3.8, 4) is 16.9 Å². The van der Waals surface area contributed by atoms with E-state index < -0.39 is 23.8 Å². The average molecular weight is 462 g/mol. The molecule has 1 unspecified atom stereocenters. The van der Waals surface area contributed by atoms with Crippen molar-refractivity contribution in [1.29, 1.82) is 0 Å². The first-order chi connectivity index (χ1) is 14.7. The van der Waals surface area contributed by atoms with Gasteiger partial charge in [-0.3, -0.25) is 0 Å². The first-order valence-electron chi connectivity index (χ1n) is 9.67. The molecule has 2 N–H and O–H groups in total. The van der Waals surface area contributed by atoms with Crippen LogP contribution < -0.4 is 4.74 Å². The van der Waals surface area contributed by atoms with E-state index in [1.165, 1.54) is 12.1 Å². The number of ether oxygens (including phenoxy) is 1. The van der Waals surface area contributed by atoms with Gasteiger partial charge in [-0.05, 0) is 47.4 Å². The highest BCUT2D eigenvalue weighted by atomic mass is 32.1. The molecule has 2 atom stereocenters. The second kappa shape index (κ2) is 9.26. The first-order valence-corrected chi connectivity index (χ1v) is 9.67. The Kier molecular flexibility index (Phi) is 6.85. The molecule has 8 heteroatoms. The number of carboxylic acids is 1. The molecule has 0 aliphatic carbocycles. The Bertz CT molecular complexity index is 1120. The minimum atomic E-state index is -4.60. The largest absolute Gasteiger partial charge is 0.493 e. The minimum Gasteiger partial charge on any atom is -0.493 e. The number of rotatable bonds is 4. The molecule has 0 bridgehead atoms. The molecule has 0 fully saturated rings. The SMILES string of the molecule is O=C(O)c1ccc(C(F)(F)F)cc1-c1ccc2c(c1)OCC(Cc1ccccc1)[C@H]2O.S. The Labute approximate surface area is 189 Å². The predicted octanol–water partition coefficient (Wildman–Crippen LogP) is 5.47. The summed E-state index contributed by atoms with van der Waals surface area (Å²) < 4.78 is 45.3. The van der Waals surface area contributed by atoms with Gasteiger partial charge in [0.1, 0.15) is 5.75 Å². The van der Waals surface area contributed by atoms with Crippen LogP contribution in [0.25, 0.3) is 11.1 Å². The minimum absolute atomic E-state index is 0. The molecule has 1 aliphatic heterocycles. The summed E-state index contributed by atoms with van der Waals surface area (Å²) in [6.45, 7) is 0.237. The maximum absolute atomic E-state index is 13.2. The van der Waals surface area contributed by atoms with Crippen molar-refractivity contribution in [1.82, 2.24) is 0 Å². The van der Waals surface area contributed by atoms with Crippen molar-refractivity contribution in [2.75, 3.05) is 6.61 Å². The molecule has 3 aromatic carbocycles. The summed E-state index contributed by atoms with van der Waals surface area (Å²) in [4.78, 5) is 11.6. The molecule has 1 aliphatic rings. The summed E-state index contributed by atoms with van der Waals surface area (Å²) in [5, 5.41) is 20.2. The lowest BCUT2D eigenvalue weighted by Crippen LogP contribution is -2.27. The zero-order chi connectivity index (χ0) is 22.2. The van der Waals surface area contributed by atoms with E-state index in [4.69, 9.17) is 4.74 Å². The number of aromatic carboxylic acids is 1. The first kappa shape index (κ1) is 23.7.